The van der Waals surface area contributed by atoms with E-state index in [1.165, 1.54) is 12.1 Å². The molecule has 2 aromatic carbocycles. The number of aliphatic imine (C=N–C) groups is 1. The molecule has 0 amide bonds. The van der Waals surface area contributed by atoms with E-state index in [9.17, 15) is 18.3 Å². The molecule has 0 saturated carbocycles. The molecule has 0 bridgehead atoms. The van der Waals surface area contributed by atoms with Crippen LogP contribution in [0.3, 0.4) is 0 Å². The van der Waals surface area contributed by atoms with Crippen molar-refractivity contribution >= 4 is 5.84 Å². The average Bonchev–Trinajstić information content (AvgIpc) is 3.44. The van der Waals surface area contributed by atoms with Gasteiger partial charge in [-0.05, 0) is 48.9 Å². The Balaban J connectivity index is 1.38. The van der Waals surface area contributed by atoms with Crippen molar-refractivity contribution < 1.29 is 37.4 Å². The molecule has 1 aromatic heterocycles. The molecule has 35 heavy (non-hydrogen) atoms. The number of nitrogens with one attached hydrogen (secondary N) is 1. The van der Waals surface area contributed by atoms with Crippen molar-refractivity contribution in [2.24, 2.45) is 4.99 Å². The van der Waals surface area contributed by atoms with Gasteiger partial charge in [0.15, 0.2) is 0 Å². The third-order valence-electron chi connectivity index (χ3n) is 4.90. The lowest BCUT2D eigenvalue weighted by Gasteiger charge is -2.20. The van der Waals surface area contributed by atoms with Crippen LogP contribution in [0.4, 0.5) is 13.2 Å². The largest absolute Gasteiger partial charge is 0.573 e. The number of ether oxygens (including phenoxy) is 2. The van der Waals surface area contributed by atoms with Gasteiger partial charge in [-0.1, -0.05) is 17.3 Å². The number of alkyl halides is 3. The predicted octanol–water partition coefficient (Wildman–Crippen LogP) is 2.48. The molecule has 2 heterocycles. The lowest BCUT2D eigenvalue weighted by molar-refractivity contribution is -0.274. The number of halogens is 3. The molecule has 186 valence electrons. The standard InChI is InChI=1S/C22H22F3N5O5/c1-13-26-20(28-30(13)10-14-3-2-4-18(9-14)33-12-16(32)11-31)21-27-19(29-35-21)15-5-7-17(8-6-15)34-22(23,24)25/h2-9,13,16,31-32H,10-12H2,1H3,(H,26,28). The van der Waals surface area contributed by atoms with Gasteiger partial charge < -0.3 is 24.2 Å². The van der Waals surface area contributed by atoms with Gasteiger partial charge in [0.05, 0.1) is 6.61 Å². The lowest BCUT2D eigenvalue weighted by Crippen LogP contribution is -2.39. The summed E-state index contributed by atoms with van der Waals surface area (Å²) in [5.41, 5.74) is 4.46. The maximum Gasteiger partial charge on any atom is 0.573 e. The summed E-state index contributed by atoms with van der Waals surface area (Å²) in [6.07, 6.45) is -5.99. The maximum absolute atomic E-state index is 12.3. The molecule has 0 aliphatic carbocycles. The second-order valence-electron chi connectivity index (χ2n) is 7.64. The van der Waals surface area contributed by atoms with Gasteiger partial charge >= 0.3 is 6.36 Å². The first-order chi connectivity index (χ1) is 16.7. The number of amidine groups is 1. The summed E-state index contributed by atoms with van der Waals surface area (Å²) in [6, 6.07) is 12.4. The quantitative estimate of drug-likeness (QED) is 0.412. The molecular weight excluding hydrogens is 471 g/mol. The van der Waals surface area contributed by atoms with E-state index < -0.39 is 12.5 Å². The zero-order valence-electron chi connectivity index (χ0n) is 18.4. The van der Waals surface area contributed by atoms with Gasteiger partial charge in [0.2, 0.25) is 11.7 Å². The predicted molar refractivity (Wildman–Crippen MR) is 116 cm³/mol. The first-order valence-corrected chi connectivity index (χ1v) is 10.5. The maximum atomic E-state index is 12.3. The number of nitrogens with zero attached hydrogens (tertiary/aromatic N) is 4. The highest BCUT2D eigenvalue weighted by Crippen LogP contribution is 2.26. The fraction of sp³-hybridized carbons (Fsp3) is 0.318. The Bertz CT molecular complexity index is 1170. The monoisotopic (exact) mass is 493 g/mol. The number of hydrogen-bond acceptors (Lipinski definition) is 10. The number of aliphatic hydroxyl groups excluding tert-OH is 2. The van der Waals surface area contributed by atoms with Crippen LogP contribution in [0.1, 0.15) is 18.4 Å². The van der Waals surface area contributed by atoms with Crippen LogP contribution < -0.4 is 14.9 Å². The number of benzene rings is 2. The molecule has 2 atom stereocenters. The van der Waals surface area contributed by atoms with Crippen LogP contribution in [0.15, 0.2) is 58.0 Å². The van der Waals surface area contributed by atoms with Crippen LogP contribution in [-0.2, 0) is 6.54 Å². The minimum absolute atomic E-state index is 0.0246. The molecule has 2 unspecified atom stereocenters. The zero-order chi connectivity index (χ0) is 25.0. The summed E-state index contributed by atoms with van der Waals surface area (Å²) in [4.78, 5) is 8.77. The lowest BCUT2D eigenvalue weighted by atomic mass is 10.2. The average molecular weight is 493 g/mol. The van der Waals surface area contributed by atoms with Gasteiger partial charge in [-0.15, -0.1) is 13.2 Å². The summed E-state index contributed by atoms with van der Waals surface area (Å²) in [5.74, 6) is 0.863. The molecule has 4 rings (SSSR count). The van der Waals surface area contributed by atoms with Crippen molar-refractivity contribution in [3.05, 3.63) is 60.0 Å². The third-order valence-corrected chi connectivity index (χ3v) is 4.90. The van der Waals surface area contributed by atoms with Crippen LogP contribution in [0.2, 0.25) is 0 Å². The smallest absolute Gasteiger partial charge is 0.491 e. The van der Waals surface area contributed by atoms with Crippen molar-refractivity contribution in [1.29, 1.82) is 0 Å². The Morgan fingerprint density at radius 2 is 1.94 bits per heavy atom. The van der Waals surface area contributed by atoms with Crippen LogP contribution in [0.25, 0.3) is 11.4 Å². The molecule has 1 aliphatic heterocycles. The molecular formula is C22H22F3N5O5. The first-order valence-electron chi connectivity index (χ1n) is 10.5. The van der Waals surface area contributed by atoms with Gasteiger partial charge in [-0.25, -0.2) is 4.99 Å². The van der Waals surface area contributed by atoms with E-state index in [0.29, 0.717) is 23.7 Å². The highest BCUT2D eigenvalue weighted by atomic mass is 19.4. The van der Waals surface area contributed by atoms with Gasteiger partial charge in [0.25, 0.3) is 5.89 Å². The van der Waals surface area contributed by atoms with Crippen LogP contribution in [0, 0.1) is 0 Å². The minimum atomic E-state index is -4.77. The van der Waals surface area contributed by atoms with Crippen molar-refractivity contribution in [2.45, 2.75) is 32.1 Å². The fourth-order valence-corrected chi connectivity index (χ4v) is 3.21. The number of hydrazine groups is 1. The summed E-state index contributed by atoms with van der Waals surface area (Å²) < 4.78 is 51.6. The SMILES string of the molecule is CC1N=C(c2nc(-c3ccc(OC(F)(F)F)cc3)no2)NN1Cc1cccc(OCC(O)CO)c1. The number of hydrogen-bond donors (Lipinski definition) is 3. The summed E-state index contributed by atoms with van der Waals surface area (Å²) in [6.45, 7) is 1.91. The minimum Gasteiger partial charge on any atom is -0.491 e. The second-order valence-corrected chi connectivity index (χ2v) is 7.64. The highest BCUT2D eigenvalue weighted by molar-refractivity contribution is 5.95. The van der Waals surface area contributed by atoms with Crippen LogP contribution in [0.5, 0.6) is 11.5 Å². The van der Waals surface area contributed by atoms with Gasteiger partial charge in [-0.2, -0.15) is 9.99 Å². The van der Waals surface area contributed by atoms with E-state index in [0.717, 1.165) is 17.7 Å². The van der Waals surface area contributed by atoms with E-state index in [1.807, 2.05) is 30.1 Å². The van der Waals surface area contributed by atoms with E-state index in [2.05, 4.69) is 25.3 Å². The molecule has 3 N–H and O–H groups in total. The molecule has 0 spiro atoms. The number of aliphatic hydroxyl groups is 2. The molecule has 0 saturated heterocycles. The summed E-state index contributed by atoms with van der Waals surface area (Å²) in [5, 5.41) is 24.1. The molecule has 0 fully saturated rings. The van der Waals surface area contributed by atoms with Gasteiger partial charge in [-0.3, -0.25) is 5.43 Å². The van der Waals surface area contributed by atoms with Crippen molar-refractivity contribution in [1.82, 2.24) is 20.6 Å². The molecule has 13 heteroatoms. The number of rotatable bonds is 9. The summed E-state index contributed by atoms with van der Waals surface area (Å²) >= 11 is 0. The zero-order valence-corrected chi connectivity index (χ0v) is 18.4. The molecule has 1 aliphatic rings. The van der Waals surface area contributed by atoms with E-state index in [4.69, 9.17) is 14.4 Å². The Kier molecular flexibility index (Phi) is 7.19. The number of aromatic nitrogens is 2. The fourth-order valence-electron chi connectivity index (χ4n) is 3.21. The third kappa shape index (κ3) is 6.47. The van der Waals surface area contributed by atoms with Crippen LogP contribution >= 0.6 is 0 Å². The van der Waals surface area contributed by atoms with Crippen LogP contribution in [-0.4, -0.2) is 63.0 Å². The van der Waals surface area contributed by atoms with Crippen molar-refractivity contribution in [2.75, 3.05) is 13.2 Å². The molecule has 10 nitrogen and oxygen atoms in total. The Morgan fingerprint density at radius 1 is 1.17 bits per heavy atom. The molecule has 3 aromatic rings. The normalized spacial score (nSPS) is 17.1. The van der Waals surface area contributed by atoms with E-state index in [-0.39, 0.29) is 36.8 Å². The van der Waals surface area contributed by atoms with E-state index in [1.54, 1.807) is 6.07 Å². The highest BCUT2D eigenvalue weighted by Gasteiger charge is 2.31. The van der Waals surface area contributed by atoms with Gasteiger partial charge in [0.1, 0.15) is 30.4 Å². The van der Waals surface area contributed by atoms with E-state index >= 15 is 0 Å². The van der Waals surface area contributed by atoms with Crippen molar-refractivity contribution in [3.63, 3.8) is 0 Å². The summed E-state index contributed by atoms with van der Waals surface area (Å²) in [7, 11) is 0. The Hall–Kier alpha value is -3.68. The molecule has 0 radical (unpaired) electrons. The van der Waals surface area contributed by atoms with Gasteiger partial charge in [0, 0.05) is 12.1 Å². The Labute approximate surface area is 197 Å². The Morgan fingerprint density at radius 3 is 2.66 bits per heavy atom. The second kappa shape index (κ2) is 10.3. The first kappa shape index (κ1) is 24.4. The van der Waals surface area contributed by atoms with Crippen molar-refractivity contribution in [3.8, 4) is 22.9 Å². The topological polar surface area (TPSA) is 125 Å².